The fourth-order valence-electron chi connectivity index (χ4n) is 2.04. The maximum absolute atomic E-state index is 12.0. The summed E-state index contributed by atoms with van der Waals surface area (Å²) in [7, 11) is 0. The molecule has 2 fully saturated rings. The van der Waals surface area contributed by atoms with Gasteiger partial charge in [-0.2, -0.15) is 12.6 Å². The minimum atomic E-state index is -0.696. The van der Waals surface area contributed by atoms with Crippen molar-refractivity contribution >= 4 is 24.6 Å². The topological polar surface area (TPSA) is 58.6 Å². The highest BCUT2D eigenvalue weighted by Gasteiger charge is 2.51. The van der Waals surface area contributed by atoms with E-state index < -0.39 is 5.54 Å². The van der Waals surface area contributed by atoms with Gasteiger partial charge >= 0.3 is 6.03 Å². The second kappa shape index (κ2) is 4.02. The zero-order valence-corrected chi connectivity index (χ0v) is 9.26. The van der Waals surface area contributed by atoms with Crippen LogP contribution in [0.25, 0.3) is 0 Å². The lowest BCUT2D eigenvalue weighted by molar-refractivity contribution is -0.134. The molecule has 15 heavy (non-hydrogen) atoms. The van der Waals surface area contributed by atoms with E-state index in [1.807, 2.05) is 0 Å². The van der Waals surface area contributed by atoms with Gasteiger partial charge < -0.3 is 10.1 Å². The van der Waals surface area contributed by atoms with Crippen molar-refractivity contribution in [2.45, 2.75) is 18.4 Å². The number of rotatable bonds is 2. The molecule has 5 nitrogen and oxygen atoms in total. The molecule has 1 N–H and O–H groups in total. The minimum Gasteiger partial charge on any atom is -0.381 e. The number of imide groups is 1. The fraction of sp³-hybridized carbons (Fsp3) is 0.778. The molecular weight excluding hydrogens is 216 g/mol. The normalized spacial score (nSPS) is 24.7. The summed E-state index contributed by atoms with van der Waals surface area (Å²) in [5.74, 6) is 0.371. The predicted octanol–water partition coefficient (Wildman–Crippen LogP) is 0.0172. The predicted molar refractivity (Wildman–Crippen MR) is 56.9 cm³/mol. The van der Waals surface area contributed by atoms with Gasteiger partial charge in [0.25, 0.3) is 5.91 Å². The van der Waals surface area contributed by atoms with Crippen LogP contribution in [0.4, 0.5) is 4.79 Å². The number of urea groups is 1. The molecule has 2 aliphatic rings. The number of amides is 3. The summed E-state index contributed by atoms with van der Waals surface area (Å²) in [6.45, 7) is 1.43. The molecule has 0 aliphatic carbocycles. The average Bonchev–Trinajstić information content (AvgIpc) is 2.45. The second-order valence-electron chi connectivity index (χ2n) is 3.81. The van der Waals surface area contributed by atoms with Gasteiger partial charge in [-0.3, -0.25) is 9.69 Å². The standard InChI is InChI=1S/C9H14N2O3S/c12-7-9(1-4-14-5-2-9)10-8(13)11(7)3-6-15/h15H,1-6H2,(H,10,13). The van der Waals surface area contributed by atoms with Crippen LogP contribution >= 0.6 is 12.6 Å². The van der Waals surface area contributed by atoms with Crippen LogP contribution in [0, 0.1) is 0 Å². The fourth-order valence-corrected chi connectivity index (χ4v) is 2.24. The highest BCUT2D eigenvalue weighted by Crippen LogP contribution is 2.28. The van der Waals surface area contributed by atoms with Crippen molar-refractivity contribution in [3.63, 3.8) is 0 Å². The number of nitrogens with zero attached hydrogens (tertiary/aromatic N) is 1. The lowest BCUT2D eigenvalue weighted by Gasteiger charge is -2.30. The van der Waals surface area contributed by atoms with E-state index in [9.17, 15) is 9.59 Å². The van der Waals surface area contributed by atoms with Gasteiger partial charge in [-0.25, -0.2) is 4.79 Å². The first kappa shape index (κ1) is 10.8. The van der Waals surface area contributed by atoms with E-state index in [0.717, 1.165) is 0 Å². The van der Waals surface area contributed by atoms with Gasteiger partial charge in [0, 0.05) is 38.4 Å². The summed E-state index contributed by atoms with van der Waals surface area (Å²) in [6, 6.07) is -0.295. The number of hydrogen-bond acceptors (Lipinski definition) is 4. The summed E-state index contributed by atoms with van der Waals surface area (Å²) >= 11 is 4.03. The molecule has 0 radical (unpaired) electrons. The zero-order chi connectivity index (χ0) is 10.9. The number of hydrogen-bond donors (Lipinski definition) is 2. The Morgan fingerprint density at radius 2 is 2.07 bits per heavy atom. The van der Waals surface area contributed by atoms with E-state index in [2.05, 4.69) is 17.9 Å². The average molecular weight is 230 g/mol. The summed E-state index contributed by atoms with van der Waals surface area (Å²) in [5.41, 5.74) is -0.696. The quantitative estimate of drug-likeness (QED) is 0.519. The number of ether oxygens (including phenoxy) is 1. The lowest BCUT2D eigenvalue weighted by atomic mass is 9.90. The number of carbonyl (C=O) groups excluding carboxylic acids is 2. The molecule has 3 amide bonds. The summed E-state index contributed by atoms with van der Waals surface area (Å²) in [4.78, 5) is 24.9. The maximum atomic E-state index is 12.0. The van der Waals surface area contributed by atoms with Gasteiger partial charge in [0.2, 0.25) is 0 Å². The molecule has 84 valence electrons. The van der Waals surface area contributed by atoms with Crippen LogP contribution in [-0.2, 0) is 9.53 Å². The Morgan fingerprint density at radius 3 is 2.67 bits per heavy atom. The molecule has 2 rings (SSSR count). The molecule has 0 aromatic carbocycles. The molecule has 0 aromatic heterocycles. The Kier molecular flexibility index (Phi) is 2.88. The van der Waals surface area contributed by atoms with Crippen molar-refractivity contribution in [1.29, 1.82) is 0 Å². The highest BCUT2D eigenvalue weighted by atomic mass is 32.1. The van der Waals surface area contributed by atoms with Crippen LogP contribution in [0.2, 0.25) is 0 Å². The first-order chi connectivity index (χ1) is 7.19. The first-order valence-corrected chi connectivity index (χ1v) is 5.65. The van der Waals surface area contributed by atoms with Crippen LogP contribution in [0.1, 0.15) is 12.8 Å². The van der Waals surface area contributed by atoms with Crippen LogP contribution in [0.15, 0.2) is 0 Å². The van der Waals surface area contributed by atoms with E-state index in [-0.39, 0.29) is 11.9 Å². The number of thiol groups is 1. The summed E-state index contributed by atoms with van der Waals surface area (Å²) in [5, 5.41) is 2.78. The highest BCUT2D eigenvalue weighted by molar-refractivity contribution is 7.80. The van der Waals surface area contributed by atoms with Crippen molar-refractivity contribution in [2.24, 2.45) is 0 Å². The Hall–Kier alpha value is -0.750. The monoisotopic (exact) mass is 230 g/mol. The van der Waals surface area contributed by atoms with Gasteiger partial charge in [0.05, 0.1) is 0 Å². The van der Waals surface area contributed by atoms with Crippen LogP contribution in [-0.4, -0.2) is 47.9 Å². The number of nitrogens with one attached hydrogen (secondary N) is 1. The first-order valence-electron chi connectivity index (χ1n) is 5.02. The van der Waals surface area contributed by atoms with Crippen molar-refractivity contribution in [3.8, 4) is 0 Å². The Morgan fingerprint density at radius 1 is 1.40 bits per heavy atom. The van der Waals surface area contributed by atoms with Crippen molar-refractivity contribution < 1.29 is 14.3 Å². The molecule has 6 heteroatoms. The molecule has 0 aromatic rings. The molecule has 0 bridgehead atoms. The SMILES string of the molecule is O=C1NC2(CCOCC2)C(=O)N1CCS. The second-order valence-corrected chi connectivity index (χ2v) is 4.25. The Bertz CT molecular complexity index is 289. The van der Waals surface area contributed by atoms with Gasteiger partial charge in [0.15, 0.2) is 0 Å². The van der Waals surface area contributed by atoms with E-state index in [0.29, 0.717) is 38.4 Å². The molecule has 0 saturated carbocycles. The van der Waals surface area contributed by atoms with E-state index in [1.165, 1.54) is 4.90 Å². The smallest absolute Gasteiger partial charge is 0.325 e. The van der Waals surface area contributed by atoms with Gasteiger partial charge in [-0.05, 0) is 0 Å². The molecule has 2 aliphatic heterocycles. The Labute approximate surface area is 93.5 Å². The van der Waals surface area contributed by atoms with E-state index in [4.69, 9.17) is 4.74 Å². The molecule has 2 saturated heterocycles. The third-order valence-electron chi connectivity index (χ3n) is 2.92. The third-order valence-corrected chi connectivity index (χ3v) is 3.12. The molecular formula is C9H14N2O3S. The number of carbonyl (C=O) groups is 2. The van der Waals surface area contributed by atoms with Crippen LogP contribution < -0.4 is 5.32 Å². The summed E-state index contributed by atoms with van der Waals surface area (Å²) < 4.78 is 5.20. The van der Waals surface area contributed by atoms with Gasteiger partial charge in [0.1, 0.15) is 5.54 Å². The van der Waals surface area contributed by atoms with Crippen LogP contribution in [0.3, 0.4) is 0 Å². The lowest BCUT2D eigenvalue weighted by Crippen LogP contribution is -2.51. The zero-order valence-electron chi connectivity index (χ0n) is 8.36. The van der Waals surface area contributed by atoms with E-state index >= 15 is 0 Å². The summed E-state index contributed by atoms with van der Waals surface area (Å²) in [6.07, 6.45) is 1.14. The minimum absolute atomic E-state index is 0.121. The molecule has 0 atom stereocenters. The van der Waals surface area contributed by atoms with Crippen molar-refractivity contribution in [2.75, 3.05) is 25.5 Å². The van der Waals surface area contributed by atoms with Gasteiger partial charge in [-0.15, -0.1) is 0 Å². The third kappa shape index (κ3) is 1.72. The maximum Gasteiger partial charge on any atom is 0.325 e. The van der Waals surface area contributed by atoms with Crippen LogP contribution in [0.5, 0.6) is 0 Å². The molecule has 2 heterocycles. The van der Waals surface area contributed by atoms with Crippen molar-refractivity contribution in [3.05, 3.63) is 0 Å². The molecule has 0 unspecified atom stereocenters. The van der Waals surface area contributed by atoms with Gasteiger partial charge in [-0.1, -0.05) is 0 Å². The largest absolute Gasteiger partial charge is 0.381 e. The Balaban J connectivity index is 2.15. The van der Waals surface area contributed by atoms with Crippen molar-refractivity contribution in [1.82, 2.24) is 10.2 Å². The van der Waals surface area contributed by atoms with E-state index in [1.54, 1.807) is 0 Å². The molecule has 1 spiro atoms.